The lowest BCUT2D eigenvalue weighted by atomic mass is 10.2. The van der Waals surface area contributed by atoms with Crippen molar-refractivity contribution in [1.29, 1.82) is 0 Å². The van der Waals surface area contributed by atoms with E-state index in [4.69, 9.17) is 0 Å². The Balaban J connectivity index is 2.12. The van der Waals surface area contributed by atoms with Crippen molar-refractivity contribution in [1.82, 2.24) is 10.2 Å². The number of aryl methyl sites for hydroxylation is 2. The number of thiophene rings is 1. The SMILES string of the molecule is Cc1cc(C(=O)N2CCNCC2)sc1C. The molecule has 4 heteroatoms. The highest BCUT2D eigenvalue weighted by molar-refractivity contribution is 7.14. The Morgan fingerprint density at radius 1 is 1.40 bits per heavy atom. The summed E-state index contributed by atoms with van der Waals surface area (Å²) in [6.07, 6.45) is 0. The van der Waals surface area contributed by atoms with E-state index < -0.39 is 0 Å². The minimum Gasteiger partial charge on any atom is -0.335 e. The molecule has 0 aromatic carbocycles. The van der Waals surface area contributed by atoms with Gasteiger partial charge in [0.15, 0.2) is 0 Å². The van der Waals surface area contributed by atoms with Crippen molar-refractivity contribution in [2.45, 2.75) is 13.8 Å². The summed E-state index contributed by atoms with van der Waals surface area (Å²) in [5.74, 6) is 0.192. The minimum atomic E-state index is 0.192. The van der Waals surface area contributed by atoms with Crippen molar-refractivity contribution < 1.29 is 4.79 Å². The molecule has 15 heavy (non-hydrogen) atoms. The summed E-state index contributed by atoms with van der Waals surface area (Å²) in [5.41, 5.74) is 1.22. The first-order chi connectivity index (χ1) is 7.18. The predicted octanol–water partition coefficient (Wildman–Crippen LogP) is 1.41. The number of carbonyl (C=O) groups excluding carboxylic acids is 1. The summed E-state index contributed by atoms with van der Waals surface area (Å²) in [5, 5.41) is 3.25. The third-order valence-corrected chi connectivity index (χ3v) is 3.92. The van der Waals surface area contributed by atoms with Gasteiger partial charge in [-0.2, -0.15) is 0 Å². The summed E-state index contributed by atoms with van der Waals surface area (Å²) in [4.78, 5) is 16.1. The molecule has 1 aromatic rings. The van der Waals surface area contributed by atoms with Crippen molar-refractivity contribution in [3.8, 4) is 0 Å². The molecule has 0 aliphatic carbocycles. The van der Waals surface area contributed by atoms with Crippen LogP contribution in [0.15, 0.2) is 6.07 Å². The van der Waals surface area contributed by atoms with Crippen molar-refractivity contribution in [3.63, 3.8) is 0 Å². The number of nitrogens with zero attached hydrogens (tertiary/aromatic N) is 1. The van der Waals surface area contributed by atoms with Crippen molar-refractivity contribution in [2.24, 2.45) is 0 Å². The van der Waals surface area contributed by atoms with E-state index in [9.17, 15) is 4.79 Å². The number of piperazine rings is 1. The zero-order valence-electron chi connectivity index (χ0n) is 9.17. The molecule has 1 aliphatic heterocycles. The molecule has 1 aromatic heterocycles. The summed E-state index contributed by atoms with van der Waals surface area (Å²) >= 11 is 1.60. The van der Waals surface area contributed by atoms with Gasteiger partial charge in [-0.05, 0) is 25.5 Å². The number of hydrogen-bond donors (Lipinski definition) is 1. The van der Waals surface area contributed by atoms with Crippen LogP contribution < -0.4 is 5.32 Å². The molecule has 1 fully saturated rings. The third-order valence-electron chi connectivity index (χ3n) is 2.78. The number of carbonyl (C=O) groups is 1. The molecule has 1 amide bonds. The van der Waals surface area contributed by atoms with E-state index >= 15 is 0 Å². The maximum absolute atomic E-state index is 12.1. The molecule has 2 heterocycles. The summed E-state index contributed by atoms with van der Waals surface area (Å²) < 4.78 is 0. The first-order valence-electron chi connectivity index (χ1n) is 5.25. The molecule has 0 atom stereocenters. The largest absolute Gasteiger partial charge is 0.335 e. The standard InChI is InChI=1S/C11H16N2OS/c1-8-7-10(15-9(8)2)11(14)13-5-3-12-4-6-13/h7,12H,3-6H2,1-2H3. The van der Waals surface area contributed by atoms with Gasteiger partial charge in [0.05, 0.1) is 4.88 Å². The highest BCUT2D eigenvalue weighted by Gasteiger charge is 2.19. The van der Waals surface area contributed by atoms with Gasteiger partial charge in [0, 0.05) is 31.1 Å². The molecule has 0 bridgehead atoms. The van der Waals surface area contributed by atoms with Crippen molar-refractivity contribution in [3.05, 3.63) is 21.4 Å². The van der Waals surface area contributed by atoms with E-state index in [-0.39, 0.29) is 5.91 Å². The molecule has 0 spiro atoms. The zero-order chi connectivity index (χ0) is 10.8. The van der Waals surface area contributed by atoms with Crippen LogP contribution in [0.4, 0.5) is 0 Å². The van der Waals surface area contributed by atoms with Crippen LogP contribution >= 0.6 is 11.3 Å². The van der Waals surface area contributed by atoms with Gasteiger partial charge < -0.3 is 10.2 Å². The minimum absolute atomic E-state index is 0.192. The molecule has 2 rings (SSSR count). The van der Waals surface area contributed by atoms with Crippen LogP contribution in [0.5, 0.6) is 0 Å². The van der Waals surface area contributed by atoms with Gasteiger partial charge in [-0.25, -0.2) is 0 Å². The average molecular weight is 224 g/mol. The summed E-state index contributed by atoms with van der Waals surface area (Å²) in [6, 6.07) is 2.00. The maximum atomic E-state index is 12.1. The smallest absolute Gasteiger partial charge is 0.264 e. The summed E-state index contributed by atoms with van der Waals surface area (Å²) in [6.45, 7) is 7.60. The Hall–Kier alpha value is -0.870. The number of rotatable bonds is 1. The van der Waals surface area contributed by atoms with E-state index in [0.29, 0.717) is 0 Å². The second-order valence-corrected chi connectivity index (χ2v) is 5.15. The van der Waals surface area contributed by atoms with Gasteiger partial charge in [0.1, 0.15) is 0 Å². The van der Waals surface area contributed by atoms with Crippen LogP contribution in [-0.4, -0.2) is 37.0 Å². The fourth-order valence-corrected chi connectivity index (χ4v) is 2.70. The number of amides is 1. The van der Waals surface area contributed by atoms with Gasteiger partial charge in [-0.1, -0.05) is 0 Å². The van der Waals surface area contributed by atoms with Gasteiger partial charge in [-0.15, -0.1) is 11.3 Å². The van der Waals surface area contributed by atoms with Gasteiger partial charge in [0.25, 0.3) is 5.91 Å². The number of hydrogen-bond acceptors (Lipinski definition) is 3. The van der Waals surface area contributed by atoms with Crippen LogP contribution in [-0.2, 0) is 0 Å². The fourth-order valence-electron chi connectivity index (χ4n) is 1.70. The van der Waals surface area contributed by atoms with E-state index in [0.717, 1.165) is 31.1 Å². The lowest BCUT2D eigenvalue weighted by Gasteiger charge is -2.26. The van der Waals surface area contributed by atoms with E-state index in [2.05, 4.69) is 19.2 Å². The molecule has 1 N–H and O–H groups in total. The predicted molar refractivity (Wildman–Crippen MR) is 62.6 cm³/mol. The van der Waals surface area contributed by atoms with E-state index in [1.807, 2.05) is 11.0 Å². The Morgan fingerprint density at radius 2 is 2.07 bits per heavy atom. The Labute approximate surface area is 94.1 Å². The topological polar surface area (TPSA) is 32.3 Å². The molecule has 0 saturated carbocycles. The van der Waals surface area contributed by atoms with Crippen LogP contribution in [0, 0.1) is 13.8 Å². The Morgan fingerprint density at radius 3 is 2.60 bits per heavy atom. The van der Waals surface area contributed by atoms with Crippen LogP contribution in [0.1, 0.15) is 20.1 Å². The molecule has 1 saturated heterocycles. The maximum Gasteiger partial charge on any atom is 0.264 e. The van der Waals surface area contributed by atoms with Crippen LogP contribution in [0.2, 0.25) is 0 Å². The van der Waals surface area contributed by atoms with Gasteiger partial charge in [-0.3, -0.25) is 4.79 Å². The van der Waals surface area contributed by atoms with Crippen molar-refractivity contribution in [2.75, 3.05) is 26.2 Å². The van der Waals surface area contributed by atoms with E-state index in [1.54, 1.807) is 11.3 Å². The molecule has 0 radical (unpaired) electrons. The highest BCUT2D eigenvalue weighted by atomic mass is 32.1. The van der Waals surface area contributed by atoms with Crippen LogP contribution in [0.25, 0.3) is 0 Å². The monoisotopic (exact) mass is 224 g/mol. The molecular formula is C11H16N2OS. The lowest BCUT2D eigenvalue weighted by molar-refractivity contribution is 0.0740. The third kappa shape index (κ3) is 2.21. The summed E-state index contributed by atoms with van der Waals surface area (Å²) in [7, 11) is 0. The van der Waals surface area contributed by atoms with E-state index in [1.165, 1.54) is 10.4 Å². The normalized spacial score (nSPS) is 16.8. The molecule has 82 valence electrons. The van der Waals surface area contributed by atoms with Crippen LogP contribution in [0.3, 0.4) is 0 Å². The number of nitrogens with one attached hydrogen (secondary N) is 1. The molecule has 0 unspecified atom stereocenters. The Bertz CT molecular complexity index is 347. The van der Waals surface area contributed by atoms with Gasteiger partial charge in [0.2, 0.25) is 0 Å². The van der Waals surface area contributed by atoms with Crippen molar-refractivity contribution >= 4 is 17.2 Å². The second-order valence-electron chi connectivity index (χ2n) is 3.89. The zero-order valence-corrected chi connectivity index (χ0v) is 9.99. The lowest BCUT2D eigenvalue weighted by Crippen LogP contribution is -2.46. The highest BCUT2D eigenvalue weighted by Crippen LogP contribution is 2.22. The average Bonchev–Trinajstić information content (AvgIpc) is 2.59. The quantitative estimate of drug-likeness (QED) is 0.782. The second kappa shape index (κ2) is 4.33. The van der Waals surface area contributed by atoms with Gasteiger partial charge >= 0.3 is 0 Å². The first-order valence-corrected chi connectivity index (χ1v) is 6.07. The fraction of sp³-hybridized carbons (Fsp3) is 0.545. The molecule has 1 aliphatic rings. The Kier molecular flexibility index (Phi) is 3.07. The molecule has 3 nitrogen and oxygen atoms in total. The first kappa shape index (κ1) is 10.6. The molecular weight excluding hydrogens is 208 g/mol.